The highest BCUT2D eigenvalue weighted by Gasteiger charge is 2.35. The van der Waals surface area contributed by atoms with Crippen LogP contribution in [-0.2, 0) is 12.8 Å². The van der Waals surface area contributed by atoms with Crippen molar-refractivity contribution in [2.75, 3.05) is 20.7 Å². The van der Waals surface area contributed by atoms with Gasteiger partial charge in [-0.05, 0) is 84.6 Å². The molecule has 0 spiro atoms. The molecule has 0 unspecified atom stereocenters. The van der Waals surface area contributed by atoms with E-state index in [1.54, 1.807) is 7.11 Å². The van der Waals surface area contributed by atoms with Gasteiger partial charge in [-0.3, -0.25) is 4.90 Å². The lowest BCUT2D eigenvalue weighted by Gasteiger charge is -2.40. The number of carbonyl (C=O) groups is 1. The van der Waals surface area contributed by atoms with Gasteiger partial charge in [0.25, 0.3) is 0 Å². The van der Waals surface area contributed by atoms with Gasteiger partial charge in [0, 0.05) is 18.2 Å². The van der Waals surface area contributed by atoms with Gasteiger partial charge in [-0.25, -0.2) is 9.18 Å². The Morgan fingerprint density at radius 2 is 1.90 bits per heavy atom. The zero-order chi connectivity index (χ0) is 20.8. The van der Waals surface area contributed by atoms with Crippen LogP contribution in [0.1, 0.15) is 33.1 Å². The summed E-state index contributed by atoms with van der Waals surface area (Å²) in [6.07, 6.45) is 1.82. The third-order valence-electron chi connectivity index (χ3n) is 6.15. The zero-order valence-corrected chi connectivity index (χ0v) is 16.9. The fraction of sp³-hybridized carbons (Fsp3) is 0.240. The lowest BCUT2D eigenvalue weighted by molar-refractivity contribution is 0.0735. The number of ether oxygens (including phenoxy) is 2. The van der Waals surface area contributed by atoms with E-state index in [9.17, 15) is 9.18 Å². The average molecular weight is 403 g/mol. The van der Waals surface area contributed by atoms with Crippen LogP contribution in [0.25, 0.3) is 11.1 Å². The van der Waals surface area contributed by atoms with Crippen LogP contribution in [0.2, 0.25) is 0 Å². The van der Waals surface area contributed by atoms with Crippen molar-refractivity contribution >= 4 is 5.97 Å². The van der Waals surface area contributed by atoms with Gasteiger partial charge in [0.05, 0.1) is 12.7 Å². The Kier molecular flexibility index (Phi) is 4.55. The number of rotatable bonds is 3. The Bertz CT molecular complexity index is 1140. The number of carbonyl (C=O) groups excluding carboxylic acids is 1. The van der Waals surface area contributed by atoms with Crippen LogP contribution in [0.15, 0.2) is 54.6 Å². The molecule has 3 aromatic carbocycles. The molecule has 0 bridgehead atoms. The summed E-state index contributed by atoms with van der Waals surface area (Å²) in [7, 11) is 3.83. The highest BCUT2D eigenvalue weighted by atomic mass is 19.1. The molecule has 0 aromatic heterocycles. The first kappa shape index (κ1) is 18.8. The summed E-state index contributed by atoms with van der Waals surface area (Å²) in [5, 5.41) is 0. The highest BCUT2D eigenvalue weighted by molar-refractivity contribution is 5.93. The fourth-order valence-corrected chi connectivity index (χ4v) is 4.63. The van der Waals surface area contributed by atoms with Gasteiger partial charge in [-0.15, -0.1) is 0 Å². The van der Waals surface area contributed by atoms with Crippen molar-refractivity contribution in [2.45, 2.75) is 18.9 Å². The van der Waals surface area contributed by atoms with Crippen molar-refractivity contribution in [3.63, 3.8) is 0 Å². The second-order valence-electron chi connectivity index (χ2n) is 7.88. The van der Waals surface area contributed by atoms with E-state index in [2.05, 4.69) is 24.1 Å². The maximum atomic E-state index is 13.2. The summed E-state index contributed by atoms with van der Waals surface area (Å²) in [6.45, 7) is 0.999. The number of nitrogens with zero attached hydrogens (tertiary/aromatic N) is 1. The number of benzene rings is 3. The van der Waals surface area contributed by atoms with Crippen LogP contribution >= 0.6 is 0 Å². The standard InChI is InChI=1S/C25H22FNO3/c1-27-11-10-17-12-19(29-2)14-20-23(17)21(27)13-16-4-3-5-22(24(16)20)30-25(28)15-6-8-18(26)9-7-15/h3-9,12,14,21H,10-11,13H2,1-2H3/t21-/m1/s1. The predicted octanol–water partition coefficient (Wildman–Crippen LogP) is 4.81. The zero-order valence-electron chi connectivity index (χ0n) is 16.9. The molecule has 0 N–H and O–H groups in total. The van der Waals surface area contributed by atoms with Gasteiger partial charge >= 0.3 is 5.97 Å². The minimum absolute atomic E-state index is 0.296. The molecule has 5 heteroatoms. The van der Waals surface area contributed by atoms with Crippen LogP contribution in [0.3, 0.4) is 0 Å². The molecule has 2 aliphatic rings. The number of hydrogen-bond acceptors (Lipinski definition) is 4. The maximum absolute atomic E-state index is 13.2. The number of esters is 1. The third-order valence-corrected chi connectivity index (χ3v) is 6.15. The molecule has 0 radical (unpaired) electrons. The molecule has 1 aliphatic heterocycles. The second-order valence-corrected chi connectivity index (χ2v) is 7.88. The largest absolute Gasteiger partial charge is 0.497 e. The molecule has 0 saturated heterocycles. The molecule has 30 heavy (non-hydrogen) atoms. The van der Waals surface area contributed by atoms with Crippen molar-refractivity contribution < 1.29 is 18.7 Å². The summed E-state index contributed by atoms with van der Waals surface area (Å²) in [4.78, 5) is 15.1. The third kappa shape index (κ3) is 3.06. The fourth-order valence-electron chi connectivity index (χ4n) is 4.63. The summed E-state index contributed by atoms with van der Waals surface area (Å²) in [6, 6.07) is 15.7. The molecule has 0 saturated carbocycles. The van der Waals surface area contributed by atoms with Crippen LogP contribution < -0.4 is 9.47 Å². The molecule has 0 amide bonds. The molecule has 3 aromatic rings. The van der Waals surface area contributed by atoms with Crippen LogP contribution in [0.5, 0.6) is 11.5 Å². The number of likely N-dealkylation sites (N-methyl/N-ethyl adjacent to an activating group) is 1. The Balaban J connectivity index is 1.62. The van der Waals surface area contributed by atoms with Gasteiger partial charge in [-0.2, -0.15) is 0 Å². The minimum atomic E-state index is -0.501. The lowest BCUT2D eigenvalue weighted by atomic mass is 9.77. The van der Waals surface area contributed by atoms with E-state index in [1.165, 1.54) is 35.4 Å². The van der Waals surface area contributed by atoms with E-state index >= 15 is 0 Å². The average Bonchev–Trinajstić information content (AvgIpc) is 2.76. The minimum Gasteiger partial charge on any atom is -0.497 e. The summed E-state index contributed by atoms with van der Waals surface area (Å²) < 4.78 is 24.6. The number of methoxy groups -OCH3 is 1. The summed E-state index contributed by atoms with van der Waals surface area (Å²) in [5.41, 5.74) is 6.04. The topological polar surface area (TPSA) is 38.8 Å². The molecule has 1 atom stereocenters. The Morgan fingerprint density at radius 3 is 2.67 bits per heavy atom. The Hall–Kier alpha value is -3.18. The molecule has 4 nitrogen and oxygen atoms in total. The van der Waals surface area contributed by atoms with E-state index < -0.39 is 5.97 Å². The Labute approximate surface area is 174 Å². The number of halogens is 1. The quantitative estimate of drug-likeness (QED) is 0.465. The molecular weight excluding hydrogens is 381 g/mol. The highest BCUT2D eigenvalue weighted by Crippen LogP contribution is 2.49. The first-order chi connectivity index (χ1) is 14.5. The van der Waals surface area contributed by atoms with Crippen molar-refractivity contribution in [1.82, 2.24) is 4.90 Å². The van der Waals surface area contributed by atoms with E-state index in [0.29, 0.717) is 17.4 Å². The van der Waals surface area contributed by atoms with Gasteiger partial charge in [0.15, 0.2) is 0 Å². The molecule has 152 valence electrons. The second kappa shape index (κ2) is 7.26. The first-order valence-electron chi connectivity index (χ1n) is 10.1. The summed E-state index contributed by atoms with van der Waals surface area (Å²) in [5.74, 6) is 0.435. The number of hydrogen-bond donors (Lipinski definition) is 0. The van der Waals surface area contributed by atoms with Gasteiger partial charge in [0.2, 0.25) is 0 Å². The number of fused-ring (bicyclic) bond motifs is 2. The smallest absolute Gasteiger partial charge is 0.343 e. The first-order valence-corrected chi connectivity index (χ1v) is 10.1. The molecule has 1 aliphatic carbocycles. The van der Waals surface area contributed by atoms with E-state index in [1.807, 2.05) is 18.2 Å². The normalized spacial score (nSPS) is 17.1. The van der Waals surface area contributed by atoms with Gasteiger partial charge in [0.1, 0.15) is 17.3 Å². The Morgan fingerprint density at radius 1 is 1.10 bits per heavy atom. The van der Waals surface area contributed by atoms with Crippen molar-refractivity contribution in [3.8, 4) is 22.6 Å². The SMILES string of the molecule is COc1cc2c3c(c1)-c1c(cccc1OC(=O)c1ccc(F)cc1)C[C@H]3N(C)CC2. The monoisotopic (exact) mass is 403 g/mol. The lowest BCUT2D eigenvalue weighted by Crippen LogP contribution is -2.35. The van der Waals surface area contributed by atoms with E-state index in [0.717, 1.165) is 41.8 Å². The van der Waals surface area contributed by atoms with Crippen molar-refractivity contribution in [3.05, 3.63) is 82.7 Å². The molecular formula is C25H22FNO3. The summed E-state index contributed by atoms with van der Waals surface area (Å²) >= 11 is 0. The molecule has 0 fully saturated rings. The van der Waals surface area contributed by atoms with E-state index in [-0.39, 0.29) is 5.82 Å². The van der Waals surface area contributed by atoms with Crippen LogP contribution in [0, 0.1) is 5.82 Å². The van der Waals surface area contributed by atoms with Crippen LogP contribution in [0.4, 0.5) is 4.39 Å². The predicted molar refractivity (Wildman–Crippen MR) is 113 cm³/mol. The van der Waals surface area contributed by atoms with Gasteiger partial charge in [-0.1, -0.05) is 12.1 Å². The van der Waals surface area contributed by atoms with E-state index in [4.69, 9.17) is 9.47 Å². The van der Waals surface area contributed by atoms with Crippen molar-refractivity contribution in [2.24, 2.45) is 0 Å². The molecule has 1 heterocycles. The van der Waals surface area contributed by atoms with Crippen LogP contribution in [-0.4, -0.2) is 31.6 Å². The van der Waals surface area contributed by atoms with Crippen molar-refractivity contribution in [1.29, 1.82) is 0 Å². The maximum Gasteiger partial charge on any atom is 0.343 e. The molecule has 5 rings (SSSR count). The van der Waals surface area contributed by atoms with Gasteiger partial charge < -0.3 is 9.47 Å².